The van der Waals surface area contributed by atoms with Crippen LogP contribution in [0.15, 0.2) is 18.2 Å². The second-order valence-electron chi connectivity index (χ2n) is 10.5. The number of carbonyl (C=O) groups is 1. The standard InChI is InChI=1S/C26H42N2O5/c1-5-33-23-13-19(8-9-22(23)29)15-28-11-10-20-14-25(31)27(4)17-24(30)26(2,3)18-32-12-6-7-21(20)16-28/h8-9,13,20-21,24,29-30H,5-7,10-12,14-18H2,1-4H3/t20-,21-,24-/m0/s1. The summed E-state index contributed by atoms with van der Waals surface area (Å²) in [7, 11) is 1.80. The summed E-state index contributed by atoms with van der Waals surface area (Å²) in [6, 6.07) is 5.58. The van der Waals surface area contributed by atoms with Crippen LogP contribution in [0, 0.1) is 17.3 Å². The summed E-state index contributed by atoms with van der Waals surface area (Å²) < 4.78 is 11.5. The van der Waals surface area contributed by atoms with Crippen LogP contribution in [0.4, 0.5) is 0 Å². The number of piperidine rings is 1. The summed E-state index contributed by atoms with van der Waals surface area (Å²) in [5.74, 6) is 1.60. The molecular formula is C26H42N2O5. The molecule has 1 amide bonds. The molecule has 7 heteroatoms. The van der Waals surface area contributed by atoms with E-state index in [0.29, 0.717) is 50.4 Å². The third kappa shape index (κ3) is 7.08. The van der Waals surface area contributed by atoms with Crippen LogP contribution < -0.4 is 4.74 Å². The maximum atomic E-state index is 13.0. The molecule has 0 aliphatic carbocycles. The lowest BCUT2D eigenvalue weighted by Gasteiger charge is -2.39. The molecule has 0 radical (unpaired) electrons. The average molecular weight is 463 g/mol. The first-order valence-electron chi connectivity index (χ1n) is 12.4. The maximum absolute atomic E-state index is 13.0. The van der Waals surface area contributed by atoms with Gasteiger partial charge in [-0.2, -0.15) is 0 Å². The van der Waals surface area contributed by atoms with Crippen molar-refractivity contribution in [3.63, 3.8) is 0 Å². The predicted octanol–water partition coefficient (Wildman–Crippen LogP) is 3.28. The van der Waals surface area contributed by atoms with Gasteiger partial charge in [-0.05, 0) is 62.3 Å². The number of ether oxygens (including phenoxy) is 2. The Labute approximate surface area is 198 Å². The van der Waals surface area contributed by atoms with E-state index in [9.17, 15) is 15.0 Å². The summed E-state index contributed by atoms with van der Waals surface area (Å²) in [4.78, 5) is 17.1. The summed E-state index contributed by atoms with van der Waals surface area (Å²) >= 11 is 0. The third-order valence-corrected chi connectivity index (χ3v) is 7.25. The highest BCUT2D eigenvalue weighted by Gasteiger charge is 2.34. The predicted molar refractivity (Wildman–Crippen MR) is 128 cm³/mol. The van der Waals surface area contributed by atoms with Crippen LogP contribution in [0.3, 0.4) is 0 Å². The lowest BCUT2D eigenvalue weighted by molar-refractivity contribution is -0.134. The normalized spacial score (nSPS) is 27.7. The zero-order valence-corrected chi connectivity index (χ0v) is 20.8. The van der Waals surface area contributed by atoms with Crippen LogP contribution in [0.2, 0.25) is 0 Å². The molecule has 1 aromatic carbocycles. The maximum Gasteiger partial charge on any atom is 0.222 e. The number of phenolic OH excluding ortho intramolecular Hbond substituents is 1. The smallest absolute Gasteiger partial charge is 0.222 e. The monoisotopic (exact) mass is 462 g/mol. The van der Waals surface area contributed by atoms with Crippen LogP contribution in [-0.4, -0.2) is 78.5 Å². The molecule has 0 saturated carbocycles. The fourth-order valence-corrected chi connectivity index (χ4v) is 4.95. The van der Waals surface area contributed by atoms with Crippen LogP contribution in [0.5, 0.6) is 11.5 Å². The van der Waals surface area contributed by atoms with E-state index in [1.54, 1.807) is 18.0 Å². The van der Waals surface area contributed by atoms with Crippen molar-refractivity contribution in [1.29, 1.82) is 0 Å². The van der Waals surface area contributed by atoms with Crippen LogP contribution >= 0.6 is 0 Å². The Bertz CT molecular complexity index is 784. The number of β-amino-alcohol motifs (C(OH)–C–C–N with tert-alkyl or cyclic N) is 1. The van der Waals surface area contributed by atoms with Crippen molar-refractivity contribution in [2.45, 2.75) is 59.1 Å². The van der Waals surface area contributed by atoms with Crippen molar-refractivity contribution in [2.75, 3.05) is 46.5 Å². The van der Waals surface area contributed by atoms with E-state index >= 15 is 0 Å². The fourth-order valence-electron chi connectivity index (χ4n) is 4.95. The lowest BCUT2D eigenvalue weighted by Crippen LogP contribution is -2.45. The van der Waals surface area contributed by atoms with Crippen LogP contribution in [0.1, 0.15) is 52.0 Å². The first kappa shape index (κ1) is 25.8. The second-order valence-corrected chi connectivity index (χ2v) is 10.5. The number of rotatable bonds is 4. The molecule has 2 saturated heterocycles. The molecule has 1 aromatic rings. The number of phenols is 1. The number of fused-ring (bicyclic) bond motifs is 1. The van der Waals surface area contributed by atoms with E-state index in [4.69, 9.17) is 9.47 Å². The quantitative estimate of drug-likeness (QED) is 0.715. The van der Waals surface area contributed by atoms with Gasteiger partial charge in [0.1, 0.15) is 0 Å². The van der Waals surface area contributed by atoms with Crippen molar-refractivity contribution in [3.05, 3.63) is 23.8 Å². The van der Waals surface area contributed by atoms with Gasteiger partial charge >= 0.3 is 0 Å². The zero-order valence-electron chi connectivity index (χ0n) is 20.8. The number of hydrogen-bond acceptors (Lipinski definition) is 6. The number of benzene rings is 1. The molecule has 2 aliphatic rings. The van der Waals surface area contributed by atoms with Gasteiger partial charge in [0.2, 0.25) is 5.91 Å². The highest BCUT2D eigenvalue weighted by molar-refractivity contribution is 5.76. The molecule has 0 bridgehead atoms. The van der Waals surface area contributed by atoms with Gasteiger partial charge in [0.05, 0.1) is 19.3 Å². The van der Waals surface area contributed by atoms with E-state index in [-0.39, 0.29) is 11.7 Å². The molecule has 186 valence electrons. The Hall–Kier alpha value is -1.83. The number of aliphatic hydroxyl groups excluding tert-OH is 1. The van der Waals surface area contributed by atoms with E-state index in [1.165, 1.54) is 0 Å². The van der Waals surface area contributed by atoms with E-state index in [1.807, 2.05) is 32.9 Å². The highest BCUT2D eigenvalue weighted by atomic mass is 16.5. The molecule has 2 fully saturated rings. The number of carbonyl (C=O) groups excluding carboxylic acids is 1. The number of aromatic hydroxyl groups is 1. The molecule has 3 atom stereocenters. The number of aliphatic hydroxyl groups is 1. The van der Waals surface area contributed by atoms with Gasteiger partial charge in [-0.3, -0.25) is 9.69 Å². The minimum absolute atomic E-state index is 0.119. The fraction of sp³-hybridized carbons (Fsp3) is 0.731. The molecule has 2 heterocycles. The molecule has 0 spiro atoms. The Kier molecular flexibility index (Phi) is 9.02. The van der Waals surface area contributed by atoms with Crippen molar-refractivity contribution >= 4 is 5.91 Å². The van der Waals surface area contributed by atoms with Gasteiger partial charge in [-0.25, -0.2) is 0 Å². The Morgan fingerprint density at radius 3 is 2.76 bits per heavy atom. The minimum atomic E-state index is -0.614. The van der Waals surface area contributed by atoms with Gasteiger partial charge < -0.3 is 24.6 Å². The Morgan fingerprint density at radius 2 is 2.00 bits per heavy atom. The largest absolute Gasteiger partial charge is 0.504 e. The Balaban J connectivity index is 1.67. The van der Waals surface area contributed by atoms with E-state index in [0.717, 1.165) is 44.5 Å². The number of likely N-dealkylation sites (tertiary alicyclic amines) is 1. The number of amides is 1. The van der Waals surface area contributed by atoms with E-state index < -0.39 is 11.5 Å². The Morgan fingerprint density at radius 1 is 1.21 bits per heavy atom. The molecule has 2 aliphatic heterocycles. The van der Waals surface area contributed by atoms with Gasteiger partial charge in [-0.1, -0.05) is 19.9 Å². The second kappa shape index (κ2) is 11.5. The SMILES string of the molecule is CCOc1cc(CN2CC[C@H]3CC(=O)N(C)C[C@H](O)C(C)(C)COCCC[C@H]3C2)ccc1O. The topological polar surface area (TPSA) is 82.5 Å². The lowest BCUT2D eigenvalue weighted by atomic mass is 9.80. The molecule has 0 aromatic heterocycles. The van der Waals surface area contributed by atoms with E-state index in [2.05, 4.69) is 4.90 Å². The summed E-state index contributed by atoms with van der Waals surface area (Å²) in [5.41, 5.74) is 0.728. The third-order valence-electron chi connectivity index (χ3n) is 7.25. The number of nitrogens with zero attached hydrogens (tertiary/aromatic N) is 2. The molecular weight excluding hydrogens is 420 g/mol. The van der Waals surface area contributed by atoms with Crippen molar-refractivity contribution < 1.29 is 24.5 Å². The van der Waals surface area contributed by atoms with Crippen LogP contribution in [0.25, 0.3) is 0 Å². The molecule has 0 unspecified atom stereocenters. The van der Waals surface area contributed by atoms with Gasteiger partial charge in [0.15, 0.2) is 11.5 Å². The first-order valence-corrected chi connectivity index (χ1v) is 12.4. The van der Waals surface area contributed by atoms with Crippen molar-refractivity contribution in [3.8, 4) is 11.5 Å². The van der Waals surface area contributed by atoms with Gasteiger partial charge in [0, 0.05) is 45.1 Å². The first-order chi connectivity index (χ1) is 15.7. The highest BCUT2D eigenvalue weighted by Crippen LogP contribution is 2.33. The average Bonchev–Trinajstić information content (AvgIpc) is 2.77. The summed E-state index contributed by atoms with van der Waals surface area (Å²) in [5, 5.41) is 20.6. The number of hydrogen-bond donors (Lipinski definition) is 2. The molecule has 7 nitrogen and oxygen atoms in total. The van der Waals surface area contributed by atoms with Gasteiger partial charge in [-0.15, -0.1) is 0 Å². The van der Waals surface area contributed by atoms with Crippen LogP contribution in [-0.2, 0) is 16.1 Å². The van der Waals surface area contributed by atoms with Crippen molar-refractivity contribution in [2.24, 2.45) is 17.3 Å². The summed E-state index contributed by atoms with van der Waals surface area (Å²) in [6.07, 6.45) is 2.89. The summed E-state index contributed by atoms with van der Waals surface area (Å²) in [6.45, 7) is 10.6. The van der Waals surface area contributed by atoms with Crippen molar-refractivity contribution in [1.82, 2.24) is 9.80 Å². The minimum Gasteiger partial charge on any atom is -0.504 e. The van der Waals surface area contributed by atoms with Gasteiger partial charge in [0.25, 0.3) is 0 Å². The number of likely N-dealkylation sites (N-methyl/N-ethyl adjacent to an activating group) is 1. The molecule has 33 heavy (non-hydrogen) atoms. The molecule has 3 rings (SSSR count). The zero-order chi connectivity index (χ0) is 24.0. The molecule has 2 N–H and O–H groups in total.